The number of methoxy groups -OCH3 is 1. The van der Waals surface area contributed by atoms with E-state index >= 15 is 0 Å². The van der Waals surface area contributed by atoms with Crippen LogP contribution in [0.4, 0.5) is 5.82 Å². The van der Waals surface area contributed by atoms with Gasteiger partial charge in [0.25, 0.3) is 5.91 Å². The van der Waals surface area contributed by atoms with Crippen molar-refractivity contribution >= 4 is 23.3 Å². The zero-order valence-electron chi connectivity index (χ0n) is 20.5. The summed E-state index contributed by atoms with van der Waals surface area (Å²) in [6, 6.07) is 8.67. The van der Waals surface area contributed by atoms with Crippen molar-refractivity contribution < 1.29 is 14.6 Å². The van der Waals surface area contributed by atoms with Gasteiger partial charge in [0.15, 0.2) is 5.69 Å². The van der Waals surface area contributed by atoms with Gasteiger partial charge in [-0.25, -0.2) is 0 Å². The Bertz CT molecular complexity index is 1110. The van der Waals surface area contributed by atoms with Crippen LogP contribution in [-0.2, 0) is 13.5 Å². The highest BCUT2D eigenvalue weighted by Gasteiger charge is 2.55. The van der Waals surface area contributed by atoms with E-state index in [-0.39, 0.29) is 11.9 Å². The molecule has 1 aromatic carbocycles. The van der Waals surface area contributed by atoms with Gasteiger partial charge in [0.2, 0.25) is 0 Å². The number of amides is 1. The third-order valence-corrected chi connectivity index (χ3v) is 9.10. The summed E-state index contributed by atoms with van der Waals surface area (Å²) >= 11 is 6.87. The van der Waals surface area contributed by atoms with Crippen LogP contribution < -0.4 is 15.0 Å². The molecule has 7 rings (SSSR count). The van der Waals surface area contributed by atoms with Crippen molar-refractivity contribution in [2.75, 3.05) is 18.6 Å². The van der Waals surface area contributed by atoms with E-state index in [0.29, 0.717) is 34.5 Å². The van der Waals surface area contributed by atoms with Crippen LogP contribution in [0.25, 0.3) is 0 Å². The number of ether oxygens (including phenoxy) is 1. The van der Waals surface area contributed by atoms with Gasteiger partial charge in [-0.2, -0.15) is 5.10 Å². The second-order valence-corrected chi connectivity index (χ2v) is 11.7. The van der Waals surface area contributed by atoms with E-state index in [1.807, 2.05) is 19.2 Å². The molecule has 1 aromatic heterocycles. The predicted molar refractivity (Wildman–Crippen MR) is 135 cm³/mol. The predicted octanol–water partition coefficient (Wildman–Crippen LogP) is 3.96. The number of halogens is 1. The zero-order chi connectivity index (χ0) is 24.3. The molecule has 7 nitrogen and oxygen atoms in total. The lowest BCUT2D eigenvalue weighted by molar-refractivity contribution is -0.136. The molecule has 0 spiro atoms. The van der Waals surface area contributed by atoms with Crippen LogP contribution in [0.5, 0.6) is 5.75 Å². The number of nitrogens with zero attached hydrogens (tertiary/aromatic N) is 3. The Labute approximate surface area is 211 Å². The van der Waals surface area contributed by atoms with Gasteiger partial charge in [-0.15, -0.1) is 0 Å². The molecule has 0 radical (unpaired) electrons. The van der Waals surface area contributed by atoms with Gasteiger partial charge >= 0.3 is 0 Å². The smallest absolute Gasteiger partial charge is 0.273 e. The van der Waals surface area contributed by atoms with Gasteiger partial charge in [-0.1, -0.05) is 23.7 Å². The van der Waals surface area contributed by atoms with Crippen molar-refractivity contribution in [1.29, 1.82) is 0 Å². The summed E-state index contributed by atoms with van der Waals surface area (Å²) in [4.78, 5) is 15.7. The number of benzene rings is 1. The summed E-state index contributed by atoms with van der Waals surface area (Å²) in [7, 11) is 3.56. The fourth-order valence-electron chi connectivity index (χ4n) is 7.31. The lowest BCUT2D eigenvalue weighted by atomic mass is 9.52. The Morgan fingerprint density at radius 3 is 2.69 bits per heavy atom. The van der Waals surface area contributed by atoms with E-state index in [2.05, 4.69) is 27.4 Å². The fraction of sp³-hybridized carbons (Fsp3) is 0.630. The minimum Gasteiger partial charge on any atom is -0.497 e. The van der Waals surface area contributed by atoms with Crippen LogP contribution in [0.2, 0.25) is 5.02 Å². The van der Waals surface area contributed by atoms with Crippen molar-refractivity contribution in [3.05, 3.63) is 40.5 Å². The Kier molecular flexibility index (Phi) is 5.76. The van der Waals surface area contributed by atoms with Crippen molar-refractivity contribution in [2.24, 2.45) is 24.8 Å². The van der Waals surface area contributed by atoms with E-state index < -0.39 is 5.60 Å². The molecule has 5 saturated carbocycles. The van der Waals surface area contributed by atoms with E-state index in [4.69, 9.17) is 16.3 Å². The molecule has 2 aromatic rings. The van der Waals surface area contributed by atoms with Gasteiger partial charge in [0.05, 0.1) is 12.7 Å². The molecule has 5 aliphatic rings. The van der Waals surface area contributed by atoms with Gasteiger partial charge in [0.1, 0.15) is 16.6 Å². The summed E-state index contributed by atoms with van der Waals surface area (Å²) in [5.74, 6) is 2.79. The van der Waals surface area contributed by atoms with E-state index in [1.54, 1.807) is 11.8 Å². The number of hydrogen-bond acceptors (Lipinski definition) is 5. The molecule has 188 valence electrons. The number of anilines is 1. The maximum atomic E-state index is 13.4. The molecule has 1 amide bonds. The van der Waals surface area contributed by atoms with Crippen molar-refractivity contribution in [3.63, 3.8) is 0 Å². The molecule has 5 fully saturated rings. The molecule has 2 N–H and O–H groups in total. The van der Waals surface area contributed by atoms with Gasteiger partial charge in [0, 0.05) is 25.7 Å². The Balaban J connectivity index is 1.19. The average Bonchev–Trinajstić information content (AvgIpc) is 3.61. The highest BCUT2D eigenvalue weighted by Crippen LogP contribution is 2.55. The molecule has 35 heavy (non-hydrogen) atoms. The van der Waals surface area contributed by atoms with Crippen LogP contribution in [-0.4, -0.2) is 52.1 Å². The van der Waals surface area contributed by atoms with Crippen LogP contribution in [0.3, 0.4) is 0 Å². The number of aliphatic hydroxyl groups is 1. The molecule has 0 saturated heterocycles. The quantitative estimate of drug-likeness (QED) is 0.576. The van der Waals surface area contributed by atoms with E-state index in [0.717, 1.165) is 69.5 Å². The Morgan fingerprint density at radius 2 is 2.03 bits per heavy atom. The van der Waals surface area contributed by atoms with Gasteiger partial charge in [-0.3, -0.25) is 9.48 Å². The summed E-state index contributed by atoms with van der Waals surface area (Å²) < 4.78 is 7.13. The highest BCUT2D eigenvalue weighted by molar-refractivity contribution is 6.36. The van der Waals surface area contributed by atoms with Crippen LogP contribution in [0.1, 0.15) is 61.0 Å². The summed E-state index contributed by atoms with van der Waals surface area (Å²) in [6.07, 6.45) is 7.83. The van der Waals surface area contributed by atoms with Crippen LogP contribution >= 0.6 is 11.6 Å². The third-order valence-electron chi connectivity index (χ3n) is 8.75. The number of nitrogens with one attached hydrogen (secondary N) is 1. The molecule has 1 heterocycles. The molecular weight excluding hydrogens is 464 g/mol. The topological polar surface area (TPSA) is 79.6 Å². The largest absolute Gasteiger partial charge is 0.497 e. The number of carbonyl (C=O) groups is 1. The lowest BCUT2D eigenvalue weighted by Gasteiger charge is -2.58. The summed E-state index contributed by atoms with van der Waals surface area (Å²) in [5, 5.41) is 19.2. The summed E-state index contributed by atoms with van der Waals surface area (Å²) in [5.41, 5.74) is 1.000. The molecular formula is C27H35ClN4O3. The standard InChI is InChI=1S/C27H35ClN4O3/c1-31-26(32(20-6-7-20)9-8-16-4-3-5-21(12-16)35-2)22(28)24(30-31)25(33)29-23-18-10-17-11-19(23)15-27(34,13-17)14-18/h3-5,12,17-20,23,34H,6-11,13-15H2,1-2H3,(H,29,33). The first-order valence-electron chi connectivity index (χ1n) is 13.0. The minimum atomic E-state index is -0.513. The molecule has 0 aliphatic heterocycles. The van der Waals surface area contributed by atoms with E-state index in [9.17, 15) is 9.90 Å². The molecule has 4 bridgehead atoms. The SMILES string of the molecule is COc1cccc(CCN(c2c(Cl)c(C(=O)NC3C4CC5CC3CC(O)(C5)C4)nn2C)C2CC2)c1. The van der Waals surface area contributed by atoms with Gasteiger partial charge in [-0.05, 0) is 86.8 Å². The zero-order valence-corrected chi connectivity index (χ0v) is 21.3. The van der Waals surface area contributed by atoms with Crippen LogP contribution in [0, 0.1) is 17.8 Å². The van der Waals surface area contributed by atoms with Crippen molar-refractivity contribution in [3.8, 4) is 5.75 Å². The second-order valence-electron chi connectivity index (χ2n) is 11.3. The minimum absolute atomic E-state index is 0.105. The van der Waals surface area contributed by atoms with Crippen LogP contribution in [0.15, 0.2) is 24.3 Å². The average molecular weight is 499 g/mol. The molecule has 8 heteroatoms. The second kappa shape index (κ2) is 8.70. The Morgan fingerprint density at radius 1 is 1.29 bits per heavy atom. The van der Waals surface area contributed by atoms with Crippen molar-refractivity contribution in [1.82, 2.24) is 15.1 Å². The number of hydrogen-bond donors (Lipinski definition) is 2. The third kappa shape index (κ3) is 4.31. The fourth-order valence-corrected chi connectivity index (χ4v) is 7.66. The maximum absolute atomic E-state index is 13.4. The monoisotopic (exact) mass is 498 g/mol. The van der Waals surface area contributed by atoms with Gasteiger partial charge < -0.3 is 20.1 Å². The van der Waals surface area contributed by atoms with Crippen molar-refractivity contribution in [2.45, 2.75) is 69.1 Å². The molecule has 2 atom stereocenters. The summed E-state index contributed by atoms with van der Waals surface area (Å²) in [6.45, 7) is 0.797. The first-order chi connectivity index (χ1) is 16.8. The first-order valence-corrected chi connectivity index (χ1v) is 13.4. The Hall–Kier alpha value is -2.25. The number of carbonyl (C=O) groups excluding carboxylic acids is 1. The normalized spacial score (nSPS) is 31.0. The maximum Gasteiger partial charge on any atom is 0.273 e. The lowest BCUT2D eigenvalue weighted by Crippen LogP contribution is -2.61. The number of aromatic nitrogens is 2. The molecule has 5 aliphatic carbocycles. The molecule has 2 unspecified atom stereocenters. The van der Waals surface area contributed by atoms with E-state index in [1.165, 1.54) is 5.56 Å². The highest BCUT2D eigenvalue weighted by atomic mass is 35.5. The first kappa shape index (κ1) is 23.2. The number of rotatable bonds is 8. The number of aryl methyl sites for hydroxylation is 1.